The van der Waals surface area contributed by atoms with Gasteiger partial charge in [-0.15, -0.1) is 0 Å². The molecular formula is C14H15N3O2. The van der Waals surface area contributed by atoms with Crippen LogP contribution in [0.3, 0.4) is 0 Å². The van der Waals surface area contributed by atoms with E-state index >= 15 is 0 Å². The molecule has 0 aliphatic heterocycles. The predicted molar refractivity (Wildman–Crippen MR) is 71.8 cm³/mol. The summed E-state index contributed by atoms with van der Waals surface area (Å²) in [6.07, 6.45) is 3.15. The summed E-state index contributed by atoms with van der Waals surface area (Å²) >= 11 is 0. The summed E-state index contributed by atoms with van der Waals surface area (Å²) in [4.78, 5) is 19.5. The van der Waals surface area contributed by atoms with E-state index in [2.05, 4.69) is 15.3 Å². The minimum Gasteiger partial charge on any atom is -0.462 e. The number of anilines is 1. The molecule has 1 heterocycles. The van der Waals surface area contributed by atoms with Crippen LogP contribution in [0, 0.1) is 0 Å². The number of rotatable bonds is 5. The van der Waals surface area contributed by atoms with Crippen LogP contribution in [-0.2, 0) is 11.3 Å². The monoisotopic (exact) mass is 257 g/mol. The highest BCUT2D eigenvalue weighted by Gasteiger charge is 2.06. The van der Waals surface area contributed by atoms with Crippen LogP contribution < -0.4 is 5.32 Å². The van der Waals surface area contributed by atoms with Gasteiger partial charge < -0.3 is 10.1 Å². The van der Waals surface area contributed by atoms with Crippen molar-refractivity contribution in [1.82, 2.24) is 9.97 Å². The third-order valence-corrected chi connectivity index (χ3v) is 2.49. The first kappa shape index (κ1) is 13.0. The van der Waals surface area contributed by atoms with E-state index in [0.29, 0.717) is 18.7 Å². The molecule has 0 radical (unpaired) electrons. The second-order valence-corrected chi connectivity index (χ2v) is 3.87. The average Bonchev–Trinajstić information content (AvgIpc) is 2.47. The maximum atomic E-state index is 11.6. The number of nitrogens with zero attached hydrogens (tertiary/aromatic N) is 2. The maximum absolute atomic E-state index is 11.6. The number of hydrogen-bond donors (Lipinski definition) is 1. The number of carbonyl (C=O) groups excluding carboxylic acids is 1. The van der Waals surface area contributed by atoms with E-state index < -0.39 is 0 Å². The molecule has 19 heavy (non-hydrogen) atoms. The Labute approximate surface area is 111 Å². The van der Waals surface area contributed by atoms with Crippen molar-refractivity contribution in [1.29, 1.82) is 0 Å². The molecule has 0 bridgehead atoms. The molecule has 0 fully saturated rings. The smallest absolute Gasteiger partial charge is 0.338 e. The van der Waals surface area contributed by atoms with Gasteiger partial charge in [0.25, 0.3) is 0 Å². The van der Waals surface area contributed by atoms with Gasteiger partial charge in [0.2, 0.25) is 0 Å². The molecule has 0 atom stereocenters. The van der Waals surface area contributed by atoms with Crippen LogP contribution in [0.1, 0.15) is 22.8 Å². The highest BCUT2D eigenvalue weighted by atomic mass is 16.5. The van der Waals surface area contributed by atoms with Crippen LogP contribution in [0.2, 0.25) is 0 Å². The zero-order chi connectivity index (χ0) is 13.5. The second kappa shape index (κ2) is 6.49. The molecule has 1 aromatic carbocycles. The van der Waals surface area contributed by atoms with Gasteiger partial charge in [-0.05, 0) is 30.7 Å². The Balaban J connectivity index is 2.01. The fourth-order valence-electron chi connectivity index (χ4n) is 1.61. The summed E-state index contributed by atoms with van der Waals surface area (Å²) in [5.41, 5.74) is 1.55. The molecule has 0 saturated heterocycles. The van der Waals surface area contributed by atoms with E-state index in [1.165, 1.54) is 6.33 Å². The number of benzene rings is 1. The van der Waals surface area contributed by atoms with E-state index in [1.54, 1.807) is 25.3 Å². The van der Waals surface area contributed by atoms with Crippen LogP contribution in [0.5, 0.6) is 0 Å². The molecule has 5 heteroatoms. The Hall–Kier alpha value is -2.43. The van der Waals surface area contributed by atoms with Crippen molar-refractivity contribution in [3.63, 3.8) is 0 Å². The van der Waals surface area contributed by atoms with Crippen molar-refractivity contribution in [2.45, 2.75) is 13.5 Å². The Morgan fingerprint density at radius 3 is 3.00 bits per heavy atom. The van der Waals surface area contributed by atoms with Gasteiger partial charge in [-0.1, -0.05) is 12.1 Å². The number of ether oxygens (including phenoxy) is 1. The van der Waals surface area contributed by atoms with E-state index in [0.717, 1.165) is 11.4 Å². The average molecular weight is 257 g/mol. The zero-order valence-corrected chi connectivity index (χ0v) is 10.7. The summed E-state index contributed by atoms with van der Waals surface area (Å²) in [6.45, 7) is 2.75. The lowest BCUT2D eigenvalue weighted by Gasteiger charge is -2.07. The molecule has 0 aliphatic carbocycles. The summed E-state index contributed by atoms with van der Waals surface area (Å²) in [6, 6.07) is 9.12. The third kappa shape index (κ3) is 3.77. The third-order valence-electron chi connectivity index (χ3n) is 2.49. The maximum Gasteiger partial charge on any atom is 0.338 e. The molecule has 0 spiro atoms. The van der Waals surface area contributed by atoms with Gasteiger partial charge in [0, 0.05) is 12.7 Å². The topological polar surface area (TPSA) is 64.1 Å². The van der Waals surface area contributed by atoms with Crippen molar-refractivity contribution in [3.8, 4) is 0 Å². The molecule has 2 aromatic rings. The van der Waals surface area contributed by atoms with E-state index in [9.17, 15) is 4.79 Å². The molecule has 2 rings (SSSR count). The number of esters is 1. The fourth-order valence-corrected chi connectivity index (χ4v) is 1.61. The Kier molecular flexibility index (Phi) is 4.44. The quantitative estimate of drug-likeness (QED) is 0.832. The SMILES string of the molecule is CCOC(=O)c1cccc(CNc2ccncn2)c1. The van der Waals surface area contributed by atoms with Gasteiger partial charge in [0.1, 0.15) is 12.1 Å². The minimum atomic E-state index is -0.300. The van der Waals surface area contributed by atoms with Gasteiger partial charge >= 0.3 is 5.97 Å². The predicted octanol–water partition coefficient (Wildman–Crippen LogP) is 2.27. The Bertz CT molecular complexity index is 543. The lowest BCUT2D eigenvalue weighted by molar-refractivity contribution is 0.0526. The molecule has 5 nitrogen and oxygen atoms in total. The van der Waals surface area contributed by atoms with Crippen molar-refractivity contribution >= 4 is 11.8 Å². The normalized spacial score (nSPS) is 9.95. The largest absolute Gasteiger partial charge is 0.462 e. The first-order chi connectivity index (χ1) is 9.29. The number of nitrogens with one attached hydrogen (secondary N) is 1. The molecular weight excluding hydrogens is 242 g/mol. The van der Waals surface area contributed by atoms with Gasteiger partial charge in [-0.3, -0.25) is 0 Å². The fraction of sp³-hybridized carbons (Fsp3) is 0.214. The summed E-state index contributed by atoms with van der Waals surface area (Å²) in [5.74, 6) is 0.447. The second-order valence-electron chi connectivity index (χ2n) is 3.87. The molecule has 0 aliphatic rings. The van der Waals surface area contributed by atoms with Gasteiger partial charge in [0.05, 0.1) is 12.2 Å². The van der Waals surface area contributed by atoms with E-state index in [1.807, 2.05) is 18.2 Å². The summed E-state index contributed by atoms with van der Waals surface area (Å²) in [5, 5.41) is 3.16. The van der Waals surface area contributed by atoms with Crippen LogP contribution in [-0.4, -0.2) is 22.5 Å². The Morgan fingerprint density at radius 2 is 2.26 bits per heavy atom. The standard InChI is InChI=1S/C14H15N3O2/c1-2-19-14(18)12-5-3-4-11(8-12)9-16-13-6-7-15-10-17-13/h3-8,10H,2,9H2,1H3,(H,15,16,17). The molecule has 98 valence electrons. The molecule has 0 amide bonds. The summed E-state index contributed by atoms with van der Waals surface area (Å²) in [7, 11) is 0. The first-order valence-corrected chi connectivity index (χ1v) is 6.05. The molecule has 1 aromatic heterocycles. The van der Waals surface area contributed by atoms with E-state index in [-0.39, 0.29) is 5.97 Å². The molecule has 0 saturated carbocycles. The van der Waals surface area contributed by atoms with Crippen LogP contribution in [0.4, 0.5) is 5.82 Å². The lowest BCUT2D eigenvalue weighted by atomic mass is 10.1. The van der Waals surface area contributed by atoms with Crippen LogP contribution in [0.25, 0.3) is 0 Å². The molecule has 0 unspecified atom stereocenters. The van der Waals surface area contributed by atoms with Gasteiger partial charge in [-0.25, -0.2) is 14.8 Å². The Morgan fingerprint density at radius 1 is 1.37 bits per heavy atom. The highest BCUT2D eigenvalue weighted by molar-refractivity contribution is 5.89. The van der Waals surface area contributed by atoms with Crippen LogP contribution in [0.15, 0.2) is 42.9 Å². The number of hydrogen-bond acceptors (Lipinski definition) is 5. The van der Waals surface area contributed by atoms with Crippen LogP contribution >= 0.6 is 0 Å². The van der Waals surface area contributed by atoms with Gasteiger partial charge in [-0.2, -0.15) is 0 Å². The number of aromatic nitrogens is 2. The number of carbonyl (C=O) groups is 1. The van der Waals surface area contributed by atoms with Crippen molar-refractivity contribution in [2.75, 3.05) is 11.9 Å². The first-order valence-electron chi connectivity index (χ1n) is 6.05. The van der Waals surface area contributed by atoms with Gasteiger partial charge in [0.15, 0.2) is 0 Å². The van der Waals surface area contributed by atoms with Crippen molar-refractivity contribution < 1.29 is 9.53 Å². The van der Waals surface area contributed by atoms with Crippen molar-refractivity contribution in [3.05, 3.63) is 54.0 Å². The zero-order valence-electron chi connectivity index (χ0n) is 10.7. The minimum absolute atomic E-state index is 0.300. The summed E-state index contributed by atoms with van der Waals surface area (Å²) < 4.78 is 4.97. The molecule has 1 N–H and O–H groups in total. The van der Waals surface area contributed by atoms with Crippen molar-refractivity contribution in [2.24, 2.45) is 0 Å². The highest BCUT2D eigenvalue weighted by Crippen LogP contribution is 2.09. The van der Waals surface area contributed by atoms with E-state index in [4.69, 9.17) is 4.74 Å². The lowest BCUT2D eigenvalue weighted by Crippen LogP contribution is -2.06.